The molecule has 0 saturated carbocycles. The first kappa shape index (κ1) is 8.46. The third kappa shape index (κ3) is 2.49. The van der Waals surface area contributed by atoms with E-state index in [1.54, 1.807) is 0 Å². The predicted octanol–water partition coefficient (Wildman–Crippen LogP) is 2.14. The van der Waals surface area contributed by atoms with E-state index in [2.05, 4.69) is 16.6 Å². The van der Waals surface area contributed by atoms with Crippen molar-refractivity contribution in [1.82, 2.24) is 0 Å². The maximum Gasteiger partial charge on any atom is 0.193 e. The number of halogens is 1. The Morgan fingerprint density at radius 1 is 1.56 bits per heavy atom. The van der Waals surface area contributed by atoms with Crippen molar-refractivity contribution in [3.63, 3.8) is 0 Å². The molecular formula is C5H5ClO2S. The number of hydrogen-bond donors (Lipinski definition) is 1. The Labute approximate surface area is 63.5 Å². The lowest BCUT2D eigenvalue weighted by atomic mass is 10.5. The van der Waals surface area contributed by atoms with Crippen LogP contribution in [0.4, 0.5) is 0 Å². The van der Waals surface area contributed by atoms with Gasteiger partial charge in [0.1, 0.15) is 5.75 Å². The number of hydrogen-bond acceptors (Lipinski definition) is 3. The van der Waals surface area contributed by atoms with Crippen molar-refractivity contribution in [2.45, 2.75) is 0 Å². The molecule has 0 aliphatic carbocycles. The van der Waals surface area contributed by atoms with Crippen LogP contribution in [0.3, 0.4) is 0 Å². The summed E-state index contributed by atoms with van der Waals surface area (Å²) in [5.74, 6) is 0.140. The summed E-state index contributed by atoms with van der Waals surface area (Å²) >= 11 is 4.57. The molecule has 1 N–H and O–H groups in total. The van der Waals surface area contributed by atoms with Crippen LogP contribution < -0.4 is 0 Å². The Bertz CT molecular complexity index is 232. The second kappa shape index (κ2) is 3.48. The van der Waals surface area contributed by atoms with Gasteiger partial charge in [-0.05, 0) is 12.2 Å². The van der Waals surface area contributed by atoms with Crippen molar-refractivity contribution in [2.24, 2.45) is 0 Å². The molecule has 0 radical (unpaired) electrons. The standard InChI is InChI=1S/C5H4O2S.ClH/c6-4-1-2-7-5(8)3-4;/h1-3,6H;1H. The summed E-state index contributed by atoms with van der Waals surface area (Å²) < 4.78 is 4.96. The minimum absolute atomic E-state index is 0. The van der Waals surface area contributed by atoms with Gasteiger partial charge in [-0.25, -0.2) is 0 Å². The van der Waals surface area contributed by atoms with Gasteiger partial charge in [0.25, 0.3) is 0 Å². The van der Waals surface area contributed by atoms with Crippen LogP contribution in [0.25, 0.3) is 0 Å². The summed E-state index contributed by atoms with van der Waals surface area (Å²) in [5.41, 5.74) is 0. The zero-order chi connectivity index (χ0) is 5.98. The van der Waals surface area contributed by atoms with Gasteiger partial charge in [0.05, 0.1) is 6.26 Å². The molecule has 0 aliphatic rings. The highest BCUT2D eigenvalue weighted by Crippen LogP contribution is 2.05. The quantitative estimate of drug-likeness (QED) is 0.597. The molecule has 0 aromatic carbocycles. The second-order valence-electron chi connectivity index (χ2n) is 1.31. The van der Waals surface area contributed by atoms with Crippen LogP contribution in [0.5, 0.6) is 5.75 Å². The van der Waals surface area contributed by atoms with E-state index in [9.17, 15) is 0 Å². The van der Waals surface area contributed by atoms with Gasteiger partial charge in [-0.2, -0.15) is 0 Å². The maximum absolute atomic E-state index is 8.69. The van der Waals surface area contributed by atoms with Crippen molar-refractivity contribution in [2.75, 3.05) is 0 Å². The monoisotopic (exact) mass is 164 g/mol. The summed E-state index contributed by atoms with van der Waals surface area (Å²) in [5, 5.41) is 8.69. The van der Waals surface area contributed by atoms with Gasteiger partial charge in [-0.3, -0.25) is 0 Å². The van der Waals surface area contributed by atoms with Gasteiger partial charge in [-0.15, -0.1) is 12.4 Å². The highest BCUT2D eigenvalue weighted by atomic mass is 35.5. The van der Waals surface area contributed by atoms with E-state index >= 15 is 0 Å². The van der Waals surface area contributed by atoms with Gasteiger partial charge in [-0.1, -0.05) is 0 Å². The first-order valence-corrected chi connectivity index (χ1v) is 2.48. The molecule has 50 valence electrons. The lowest BCUT2D eigenvalue weighted by Gasteiger charge is -1.84. The van der Waals surface area contributed by atoms with Gasteiger partial charge in [0.15, 0.2) is 4.71 Å². The van der Waals surface area contributed by atoms with Crippen molar-refractivity contribution in [1.29, 1.82) is 0 Å². The first-order chi connectivity index (χ1) is 3.79. The molecule has 0 amide bonds. The van der Waals surface area contributed by atoms with Crippen LogP contribution in [-0.2, 0) is 0 Å². The van der Waals surface area contributed by atoms with Crippen molar-refractivity contribution < 1.29 is 9.52 Å². The SMILES string of the molecule is Cl.Oc1ccoc(=S)c1. The van der Waals surface area contributed by atoms with E-state index in [-0.39, 0.29) is 18.2 Å². The second-order valence-corrected chi connectivity index (χ2v) is 1.71. The van der Waals surface area contributed by atoms with E-state index in [1.165, 1.54) is 18.4 Å². The Hall–Kier alpha value is -0.540. The summed E-state index contributed by atoms with van der Waals surface area (Å²) in [6.45, 7) is 0. The number of rotatable bonds is 0. The van der Waals surface area contributed by atoms with E-state index < -0.39 is 0 Å². The largest absolute Gasteiger partial charge is 0.508 e. The Kier molecular flexibility index (Phi) is 3.27. The van der Waals surface area contributed by atoms with E-state index in [1.807, 2.05) is 0 Å². The Balaban J connectivity index is 0.000000640. The molecule has 0 unspecified atom stereocenters. The molecule has 9 heavy (non-hydrogen) atoms. The molecule has 1 heterocycles. The molecule has 0 spiro atoms. The lowest BCUT2D eigenvalue weighted by Crippen LogP contribution is -1.60. The molecule has 0 aliphatic heterocycles. The molecular weight excluding hydrogens is 160 g/mol. The fourth-order valence-electron chi connectivity index (χ4n) is 0.374. The minimum Gasteiger partial charge on any atom is -0.508 e. The zero-order valence-corrected chi connectivity index (χ0v) is 6.04. The third-order valence-corrected chi connectivity index (χ3v) is 0.903. The van der Waals surface area contributed by atoms with Crippen LogP contribution >= 0.6 is 24.6 Å². The van der Waals surface area contributed by atoms with Gasteiger partial charge < -0.3 is 9.52 Å². The molecule has 1 rings (SSSR count). The van der Waals surface area contributed by atoms with Crippen LogP contribution in [0.15, 0.2) is 22.8 Å². The van der Waals surface area contributed by atoms with Gasteiger partial charge in [0, 0.05) is 12.1 Å². The molecule has 0 fully saturated rings. The first-order valence-electron chi connectivity index (χ1n) is 2.07. The Morgan fingerprint density at radius 2 is 2.22 bits per heavy atom. The van der Waals surface area contributed by atoms with E-state index in [4.69, 9.17) is 5.11 Å². The molecule has 0 atom stereocenters. The van der Waals surface area contributed by atoms with E-state index in [0.717, 1.165) is 0 Å². The summed E-state index contributed by atoms with van der Waals surface area (Å²) in [6.07, 6.45) is 1.34. The molecule has 1 aromatic rings. The topological polar surface area (TPSA) is 33.4 Å². The van der Waals surface area contributed by atoms with Crippen LogP contribution in [0.1, 0.15) is 0 Å². The fraction of sp³-hybridized carbons (Fsp3) is 0. The summed E-state index contributed by atoms with van der Waals surface area (Å²) in [7, 11) is 0. The van der Waals surface area contributed by atoms with Gasteiger partial charge >= 0.3 is 0 Å². The van der Waals surface area contributed by atoms with Crippen molar-refractivity contribution in [3.8, 4) is 5.75 Å². The van der Waals surface area contributed by atoms with Crippen molar-refractivity contribution >= 4 is 24.6 Å². The van der Waals surface area contributed by atoms with Crippen molar-refractivity contribution in [3.05, 3.63) is 23.1 Å². The lowest BCUT2D eigenvalue weighted by molar-refractivity contribution is 0.454. The van der Waals surface area contributed by atoms with Crippen LogP contribution in [0.2, 0.25) is 0 Å². The smallest absolute Gasteiger partial charge is 0.193 e. The van der Waals surface area contributed by atoms with Gasteiger partial charge in [0.2, 0.25) is 0 Å². The predicted molar refractivity (Wildman–Crippen MR) is 38.5 cm³/mol. The molecule has 0 bridgehead atoms. The normalized spacial score (nSPS) is 8.00. The summed E-state index contributed by atoms with van der Waals surface area (Å²) in [6, 6.07) is 2.80. The zero-order valence-electron chi connectivity index (χ0n) is 4.40. The minimum atomic E-state index is 0. The third-order valence-electron chi connectivity index (χ3n) is 0.689. The number of aromatic hydroxyl groups is 1. The highest BCUT2D eigenvalue weighted by molar-refractivity contribution is 7.71. The van der Waals surface area contributed by atoms with Crippen LogP contribution in [-0.4, -0.2) is 5.11 Å². The van der Waals surface area contributed by atoms with Crippen LogP contribution in [0, 0.1) is 4.71 Å². The average Bonchev–Trinajstić information content (AvgIpc) is 1.64. The highest BCUT2D eigenvalue weighted by Gasteiger charge is 1.82. The molecule has 0 saturated heterocycles. The Morgan fingerprint density at radius 3 is 2.56 bits per heavy atom. The average molecular weight is 165 g/mol. The molecule has 1 aromatic heterocycles. The molecule has 2 nitrogen and oxygen atoms in total. The fourth-order valence-corrected chi connectivity index (χ4v) is 0.550. The molecule has 4 heteroatoms. The maximum atomic E-state index is 8.69. The van der Waals surface area contributed by atoms with E-state index in [0.29, 0.717) is 4.71 Å². The summed E-state index contributed by atoms with van der Waals surface area (Å²) in [4.78, 5) is 0.